The van der Waals surface area contributed by atoms with Gasteiger partial charge in [0.25, 0.3) is 0 Å². The van der Waals surface area contributed by atoms with Crippen LogP contribution in [0.5, 0.6) is 0 Å². The van der Waals surface area contributed by atoms with E-state index in [1.54, 1.807) is 0 Å². The van der Waals surface area contributed by atoms with Gasteiger partial charge < -0.3 is 0 Å². The molecule has 1 fully saturated rings. The molecule has 0 amide bonds. The summed E-state index contributed by atoms with van der Waals surface area (Å²) >= 11 is 10.6. The van der Waals surface area contributed by atoms with Gasteiger partial charge in [-0.15, -0.1) is 23.5 Å². The molecule has 0 radical (unpaired) electrons. The fourth-order valence-corrected chi connectivity index (χ4v) is 5.47. The van der Waals surface area contributed by atoms with Gasteiger partial charge >= 0.3 is 0 Å². The number of rotatable bonds is 4. The average molecular weight is 226 g/mol. The van der Waals surface area contributed by atoms with Crippen molar-refractivity contribution < 1.29 is 0 Å². The largest absolute Gasteiger partial charge is 0.160 e. The summed E-state index contributed by atoms with van der Waals surface area (Å²) in [6.07, 6.45) is 0. The van der Waals surface area contributed by atoms with E-state index in [0.717, 1.165) is 11.0 Å². The van der Waals surface area contributed by atoms with Crippen molar-refractivity contribution in [1.29, 1.82) is 0 Å². The molecule has 1 atom stereocenters. The van der Waals surface area contributed by atoms with Gasteiger partial charge in [-0.2, -0.15) is 24.4 Å². The molecule has 0 aromatic heterocycles. The van der Waals surface area contributed by atoms with Crippen LogP contribution >= 0.6 is 47.9 Å². The second-order valence-electron chi connectivity index (χ2n) is 2.61. The van der Waals surface area contributed by atoms with Crippen LogP contribution in [-0.4, -0.2) is 25.9 Å². The van der Waals surface area contributed by atoms with Gasteiger partial charge in [0.2, 0.25) is 0 Å². The van der Waals surface area contributed by atoms with E-state index < -0.39 is 0 Å². The van der Waals surface area contributed by atoms with Crippen molar-refractivity contribution in [3.8, 4) is 0 Å². The lowest BCUT2D eigenvalue weighted by atomic mass is 10.5. The third-order valence-corrected chi connectivity index (χ3v) is 6.38. The molecule has 1 aliphatic rings. The molecule has 0 aromatic carbocycles. The van der Waals surface area contributed by atoms with Gasteiger partial charge in [0, 0.05) is 16.8 Å². The molecule has 0 N–H and O–H groups in total. The van der Waals surface area contributed by atoms with Crippen molar-refractivity contribution in [3.05, 3.63) is 0 Å². The zero-order valence-electron chi connectivity index (χ0n) is 6.87. The monoisotopic (exact) mass is 226 g/mol. The minimum atomic E-state index is 0.139. The lowest BCUT2D eigenvalue weighted by Crippen LogP contribution is -2.25. The quantitative estimate of drug-likeness (QED) is 0.578. The maximum absolute atomic E-state index is 4.61. The number of hydrogen-bond donors (Lipinski definition) is 1. The average Bonchev–Trinajstić information content (AvgIpc) is 1.79. The Bertz CT molecular complexity index is 120. The maximum atomic E-state index is 4.61. The van der Waals surface area contributed by atoms with Gasteiger partial charge in [-0.1, -0.05) is 6.92 Å². The Kier molecular flexibility index (Phi) is 4.37. The number of thioether (sulfide) groups is 3. The molecule has 0 aromatic rings. The van der Waals surface area contributed by atoms with Crippen molar-refractivity contribution >= 4 is 47.9 Å². The maximum Gasteiger partial charge on any atom is 0.101 e. The zero-order valence-corrected chi connectivity index (χ0v) is 10.2. The Morgan fingerprint density at radius 2 is 2.27 bits per heavy atom. The number of thiol groups is 1. The summed E-state index contributed by atoms with van der Waals surface area (Å²) in [5, 5.41) is 0.863. The van der Waals surface area contributed by atoms with Crippen LogP contribution in [0.25, 0.3) is 0 Å². The molecule has 0 spiro atoms. The summed E-state index contributed by atoms with van der Waals surface area (Å²) < 4.78 is 0.139. The standard InChI is InChI=1S/C7H14S4/c1-3-10-7(2,8)11-6-4-9-5-6/h6,8H,3-5H2,1-2H3. The van der Waals surface area contributed by atoms with Gasteiger partial charge in [-0.05, 0) is 12.7 Å². The Morgan fingerprint density at radius 1 is 1.64 bits per heavy atom. The lowest BCUT2D eigenvalue weighted by Gasteiger charge is -2.32. The predicted molar refractivity (Wildman–Crippen MR) is 64.2 cm³/mol. The van der Waals surface area contributed by atoms with Crippen molar-refractivity contribution in [1.82, 2.24) is 0 Å². The minimum absolute atomic E-state index is 0.139. The molecule has 1 saturated heterocycles. The van der Waals surface area contributed by atoms with E-state index in [-0.39, 0.29) is 3.41 Å². The first-order chi connectivity index (χ1) is 5.14. The molecule has 1 heterocycles. The molecule has 0 aliphatic carbocycles. The van der Waals surface area contributed by atoms with Crippen LogP contribution in [0.1, 0.15) is 13.8 Å². The highest BCUT2D eigenvalue weighted by Crippen LogP contribution is 2.46. The van der Waals surface area contributed by atoms with Crippen LogP contribution in [0.3, 0.4) is 0 Å². The van der Waals surface area contributed by atoms with Crippen LogP contribution in [0.4, 0.5) is 0 Å². The smallest absolute Gasteiger partial charge is 0.101 e. The first-order valence-electron chi connectivity index (χ1n) is 3.76. The minimum Gasteiger partial charge on any atom is -0.160 e. The van der Waals surface area contributed by atoms with Crippen LogP contribution in [0.2, 0.25) is 0 Å². The molecule has 1 aliphatic heterocycles. The van der Waals surface area contributed by atoms with Crippen LogP contribution in [0.15, 0.2) is 0 Å². The van der Waals surface area contributed by atoms with Crippen LogP contribution in [0, 0.1) is 0 Å². The number of hydrogen-bond acceptors (Lipinski definition) is 4. The summed E-state index contributed by atoms with van der Waals surface area (Å²) in [7, 11) is 0. The van der Waals surface area contributed by atoms with E-state index in [4.69, 9.17) is 0 Å². The Labute approximate surface area is 87.4 Å². The van der Waals surface area contributed by atoms with E-state index >= 15 is 0 Å². The Morgan fingerprint density at radius 3 is 2.64 bits per heavy atom. The molecule has 0 saturated carbocycles. The van der Waals surface area contributed by atoms with E-state index in [1.807, 2.05) is 35.3 Å². The molecule has 11 heavy (non-hydrogen) atoms. The van der Waals surface area contributed by atoms with Gasteiger partial charge in [0.05, 0.1) is 0 Å². The highest BCUT2D eigenvalue weighted by atomic mass is 32.3. The van der Waals surface area contributed by atoms with Crippen molar-refractivity contribution in [2.75, 3.05) is 17.3 Å². The third kappa shape index (κ3) is 3.75. The summed E-state index contributed by atoms with van der Waals surface area (Å²) in [4.78, 5) is 0. The summed E-state index contributed by atoms with van der Waals surface area (Å²) in [6, 6.07) is 0. The SMILES string of the molecule is CCSC(C)(S)SC1CSC1. The molecular formula is C7H14S4. The molecule has 0 bridgehead atoms. The van der Waals surface area contributed by atoms with Crippen molar-refractivity contribution in [2.45, 2.75) is 22.5 Å². The second-order valence-corrected chi connectivity index (χ2v) is 8.84. The molecule has 4 heteroatoms. The third-order valence-electron chi connectivity index (χ3n) is 1.40. The van der Waals surface area contributed by atoms with Crippen molar-refractivity contribution in [2.24, 2.45) is 0 Å². The lowest BCUT2D eigenvalue weighted by molar-refractivity contribution is 1.07. The van der Waals surface area contributed by atoms with Gasteiger partial charge in [-0.3, -0.25) is 0 Å². The first-order valence-corrected chi connectivity index (χ1v) is 7.22. The fourth-order valence-electron chi connectivity index (χ4n) is 0.893. The van der Waals surface area contributed by atoms with Crippen LogP contribution < -0.4 is 0 Å². The topological polar surface area (TPSA) is 0 Å². The van der Waals surface area contributed by atoms with Gasteiger partial charge in [-0.25, -0.2) is 0 Å². The van der Waals surface area contributed by atoms with Gasteiger partial charge in [0.1, 0.15) is 3.41 Å². The Hall–Kier alpha value is 1.40. The molecule has 66 valence electrons. The Balaban J connectivity index is 2.20. The van der Waals surface area contributed by atoms with E-state index in [9.17, 15) is 0 Å². The summed E-state index contributed by atoms with van der Waals surface area (Å²) in [5.74, 6) is 3.81. The fraction of sp³-hybridized carbons (Fsp3) is 1.00. The van der Waals surface area contributed by atoms with E-state index in [2.05, 4.69) is 26.5 Å². The molecular weight excluding hydrogens is 212 g/mol. The summed E-state index contributed by atoms with van der Waals surface area (Å²) in [5.41, 5.74) is 0. The van der Waals surface area contributed by atoms with Gasteiger partial charge in [0.15, 0.2) is 0 Å². The van der Waals surface area contributed by atoms with Crippen LogP contribution in [-0.2, 0) is 0 Å². The normalized spacial score (nSPS) is 24.3. The highest BCUT2D eigenvalue weighted by molar-refractivity contribution is 8.30. The van der Waals surface area contributed by atoms with Crippen molar-refractivity contribution in [3.63, 3.8) is 0 Å². The zero-order chi connectivity index (χ0) is 8.32. The summed E-state index contributed by atoms with van der Waals surface area (Å²) in [6.45, 7) is 4.40. The van der Waals surface area contributed by atoms with E-state index in [1.165, 1.54) is 11.5 Å². The predicted octanol–water partition coefficient (Wildman–Crippen LogP) is 3.19. The molecule has 0 nitrogen and oxygen atoms in total. The molecule has 1 rings (SSSR count). The van der Waals surface area contributed by atoms with E-state index in [0.29, 0.717) is 0 Å². The molecule has 1 unspecified atom stereocenters. The highest BCUT2D eigenvalue weighted by Gasteiger charge is 2.28. The first kappa shape index (κ1) is 10.5. The second kappa shape index (κ2) is 4.58.